The van der Waals surface area contributed by atoms with Gasteiger partial charge in [-0.05, 0) is 56.4 Å². The molecule has 2 fully saturated rings. The topological polar surface area (TPSA) is 49.9 Å². The first-order valence-electron chi connectivity index (χ1n) is 11.7. The van der Waals surface area contributed by atoms with Crippen molar-refractivity contribution in [2.45, 2.75) is 38.5 Å². The predicted octanol–water partition coefficient (Wildman–Crippen LogP) is 4.67. The fraction of sp³-hybridized carbons (Fsp3) is 0.462. The summed E-state index contributed by atoms with van der Waals surface area (Å²) in [5.74, 6) is -1.30. The van der Waals surface area contributed by atoms with Crippen LogP contribution in [-0.4, -0.2) is 54.4 Å². The zero-order valence-corrected chi connectivity index (χ0v) is 18.8. The molecular formula is C26H30F2N2O3. The standard InChI is InChI=1S/C26H30F2N2O3/c27-20-10-11-22(23(28)16-20)25(32)30-15-7-12-26(18-30,19-33-21-8-3-1-4-9-21)17-24(31)29-13-5-2-6-14-29/h1,3-4,8-11,16H,2,5-7,12-15,17-19H2/t26-/m1/s1. The molecule has 1 atom stereocenters. The van der Waals surface area contributed by atoms with Crippen LogP contribution < -0.4 is 4.74 Å². The van der Waals surface area contributed by atoms with E-state index in [1.807, 2.05) is 35.2 Å². The summed E-state index contributed by atoms with van der Waals surface area (Å²) in [6, 6.07) is 12.4. The lowest BCUT2D eigenvalue weighted by Crippen LogP contribution is -2.51. The molecule has 0 radical (unpaired) electrons. The van der Waals surface area contributed by atoms with Crippen LogP contribution in [0.15, 0.2) is 48.5 Å². The van der Waals surface area contributed by atoms with Gasteiger partial charge in [0, 0.05) is 44.1 Å². The first-order chi connectivity index (χ1) is 16.0. The highest BCUT2D eigenvalue weighted by Crippen LogP contribution is 2.36. The highest BCUT2D eigenvalue weighted by Gasteiger charge is 2.41. The van der Waals surface area contributed by atoms with Crippen molar-refractivity contribution in [2.75, 3.05) is 32.8 Å². The third-order valence-corrected chi connectivity index (χ3v) is 6.63. The van der Waals surface area contributed by atoms with Gasteiger partial charge in [-0.25, -0.2) is 8.78 Å². The minimum atomic E-state index is -0.874. The Balaban J connectivity index is 1.54. The number of para-hydroxylation sites is 1. The van der Waals surface area contributed by atoms with Gasteiger partial charge < -0.3 is 14.5 Å². The lowest BCUT2D eigenvalue weighted by atomic mass is 9.77. The minimum Gasteiger partial charge on any atom is -0.493 e. The SMILES string of the molecule is O=C(C[C@]1(COc2ccccc2)CCCN(C(=O)c2ccc(F)cc2F)C1)N1CCCCC1. The Kier molecular flexibility index (Phi) is 7.26. The molecule has 2 aliphatic rings. The van der Waals surface area contributed by atoms with E-state index in [0.717, 1.165) is 50.9 Å². The van der Waals surface area contributed by atoms with Gasteiger partial charge in [-0.3, -0.25) is 9.59 Å². The Labute approximate surface area is 193 Å². The summed E-state index contributed by atoms with van der Waals surface area (Å²) in [6.45, 7) is 2.55. The normalized spacial score (nSPS) is 21.0. The molecule has 2 aliphatic heterocycles. The van der Waals surface area contributed by atoms with E-state index in [2.05, 4.69) is 0 Å². The molecular weight excluding hydrogens is 426 g/mol. The third-order valence-electron chi connectivity index (χ3n) is 6.63. The molecule has 0 aromatic heterocycles. The van der Waals surface area contributed by atoms with Crippen LogP contribution >= 0.6 is 0 Å². The number of nitrogens with zero attached hydrogens (tertiary/aromatic N) is 2. The van der Waals surface area contributed by atoms with Crippen molar-refractivity contribution in [3.63, 3.8) is 0 Å². The molecule has 0 saturated carbocycles. The van der Waals surface area contributed by atoms with Gasteiger partial charge in [-0.2, -0.15) is 0 Å². The zero-order chi connectivity index (χ0) is 23.3. The fourth-order valence-electron chi connectivity index (χ4n) is 4.86. The monoisotopic (exact) mass is 456 g/mol. The second-order valence-corrected chi connectivity index (χ2v) is 9.17. The second-order valence-electron chi connectivity index (χ2n) is 9.17. The molecule has 2 aromatic carbocycles. The van der Waals surface area contributed by atoms with Crippen molar-refractivity contribution >= 4 is 11.8 Å². The quantitative estimate of drug-likeness (QED) is 0.635. The maximum Gasteiger partial charge on any atom is 0.256 e. The van der Waals surface area contributed by atoms with Gasteiger partial charge in [0.1, 0.15) is 17.4 Å². The maximum atomic E-state index is 14.3. The van der Waals surface area contributed by atoms with Crippen LogP contribution in [0.1, 0.15) is 48.9 Å². The van der Waals surface area contributed by atoms with Gasteiger partial charge in [0.25, 0.3) is 5.91 Å². The zero-order valence-electron chi connectivity index (χ0n) is 18.8. The van der Waals surface area contributed by atoms with E-state index in [1.54, 1.807) is 4.90 Å². The van der Waals surface area contributed by atoms with Crippen LogP contribution in [0.5, 0.6) is 5.75 Å². The molecule has 0 spiro atoms. The molecule has 0 unspecified atom stereocenters. The van der Waals surface area contributed by atoms with Crippen LogP contribution in [0, 0.1) is 17.0 Å². The molecule has 0 N–H and O–H groups in total. The first-order valence-corrected chi connectivity index (χ1v) is 11.7. The fourth-order valence-corrected chi connectivity index (χ4v) is 4.86. The number of benzene rings is 2. The number of hydrogen-bond donors (Lipinski definition) is 0. The number of likely N-dealkylation sites (tertiary alicyclic amines) is 2. The predicted molar refractivity (Wildman–Crippen MR) is 121 cm³/mol. The molecule has 0 bridgehead atoms. The van der Waals surface area contributed by atoms with Crippen molar-refractivity contribution in [3.8, 4) is 5.75 Å². The van der Waals surface area contributed by atoms with Crippen LogP contribution in [0.3, 0.4) is 0 Å². The number of piperidine rings is 2. The summed E-state index contributed by atoms with van der Waals surface area (Å²) in [6.07, 6.45) is 4.84. The third kappa shape index (κ3) is 5.70. The van der Waals surface area contributed by atoms with E-state index in [4.69, 9.17) is 4.74 Å². The van der Waals surface area contributed by atoms with Crippen LogP contribution in [0.4, 0.5) is 8.78 Å². The molecule has 2 amide bonds. The van der Waals surface area contributed by atoms with Gasteiger partial charge in [-0.1, -0.05) is 18.2 Å². The van der Waals surface area contributed by atoms with E-state index in [-0.39, 0.29) is 31.0 Å². The van der Waals surface area contributed by atoms with Crippen LogP contribution in [0.25, 0.3) is 0 Å². The lowest BCUT2D eigenvalue weighted by Gasteiger charge is -2.43. The largest absolute Gasteiger partial charge is 0.493 e. The van der Waals surface area contributed by atoms with E-state index in [0.29, 0.717) is 18.7 Å². The first kappa shape index (κ1) is 23.2. The molecule has 176 valence electrons. The highest BCUT2D eigenvalue weighted by molar-refractivity contribution is 5.94. The van der Waals surface area contributed by atoms with E-state index >= 15 is 0 Å². The summed E-state index contributed by atoms with van der Waals surface area (Å²) < 4.78 is 33.7. The molecule has 2 heterocycles. The number of halogens is 2. The summed E-state index contributed by atoms with van der Waals surface area (Å²) in [4.78, 5) is 29.8. The van der Waals surface area contributed by atoms with Crippen molar-refractivity contribution in [1.29, 1.82) is 0 Å². The molecule has 33 heavy (non-hydrogen) atoms. The van der Waals surface area contributed by atoms with Crippen molar-refractivity contribution in [1.82, 2.24) is 9.80 Å². The Morgan fingerprint density at radius 1 is 0.909 bits per heavy atom. The van der Waals surface area contributed by atoms with Crippen molar-refractivity contribution in [2.24, 2.45) is 5.41 Å². The average Bonchev–Trinajstić information content (AvgIpc) is 2.84. The molecule has 7 heteroatoms. The Morgan fingerprint density at radius 2 is 1.64 bits per heavy atom. The number of amides is 2. The molecule has 4 rings (SSSR count). The van der Waals surface area contributed by atoms with Gasteiger partial charge >= 0.3 is 0 Å². The Morgan fingerprint density at radius 3 is 2.36 bits per heavy atom. The van der Waals surface area contributed by atoms with Crippen molar-refractivity contribution in [3.05, 3.63) is 65.7 Å². The number of hydrogen-bond acceptors (Lipinski definition) is 3. The molecule has 2 aromatic rings. The minimum absolute atomic E-state index is 0.0774. The van der Waals surface area contributed by atoms with E-state index in [1.165, 1.54) is 6.07 Å². The van der Waals surface area contributed by atoms with Gasteiger partial charge in [-0.15, -0.1) is 0 Å². The Bertz CT molecular complexity index is 979. The van der Waals surface area contributed by atoms with Gasteiger partial charge in [0.2, 0.25) is 5.91 Å². The number of rotatable bonds is 6. The summed E-state index contributed by atoms with van der Waals surface area (Å²) in [5, 5.41) is 0. The maximum absolute atomic E-state index is 14.3. The summed E-state index contributed by atoms with van der Waals surface area (Å²) in [5.41, 5.74) is -0.729. The smallest absolute Gasteiger partial charge is 0.256 e. The van der Waals surface area contributed by atoms with Crippen LogP contribution in [-0.2, 0) is 4.79 Å². The van der Waals surface area contributed by atoms with E-state index < -0.39 is 23.0 Å². The van der Waals surface area contributed by atoms with Gasteiger partial charge in [0.05, 0.1) is 12.2 Å². The average molecular weight is 457 g/mol. The molecule has 2 saturated heterocycles. The second kappa shape index (κ2) is 10.3. The number of ether oxygens (including phenoxy) is 1. The lowest BCUT2D eigenvalue weighted by molar-refractivity contribution is -0.136. The molecule has 0 aliphatic carbocycles. The molecule has 5 nitrogen and oxygen atoms in total. The van der Waals surface area contributed by atoms with Crippen molar-refractivity contribution < 1.29 is 23.1 Å². The van der Waals surface area contributed by atoms with E-state index in [9.17, 15) is 18.4 Å². The summed E-state index contributed by atoms with van der Waals surface area (Å²) >= 11 is 0. The van der Waals surface area contributed by atoms with Crippen LogP contribution in [0.2, 0.25) is 0 Å². The van der Waals surface area contributed by atoms with Gasteiger partial charge in [0.15, 0.2) is 0 Å². The summed E-state index contributed by atoms with van der Waals surface area (Å²) in [7, 11) is 0. The highest BCUT2D eigenvalue weighted by atomic mass is 19.1. The number of carbonyl (C=O) groups excluding carboxylic acids is 2. The Hall–Kier alpha value is -2.96. The number of carbonyl (C=O) groups is 2.